The number of amides is 6. The monoisotopic (exact) mass is 922 g/mol. The number of fused-ring (bicyclic) bond motifs is 1. The number of aromatic amines is 1. The van der Waals surface area contributed by atoms with E-state index in [0.29, 0.717) is 22.2 Å². The normalized spacial score (nSPS) is 14.9. The second kappa shape index (κ2) is 26.4. The molecule has 0 radical (unpaired) electrons. The molecule has 0 aliphatic heterocycles. The van der Waals surface area contributed by atoms with Crippen LogP contribution < -0.4 is 37.6 Å². The number of para-hydroxylation sites is 1. The highest BCUT2D eigenvalue weighted by Crippen LogP contribution is 2.20. The zero-order chi connectivity index (χ0) is 48.3. The zero-order valence-electron chi connectivity index (χ0n) is 35.8. The van der Waals surface area contributed by atoms with Crippen LogP contribution in [0.25, 0.3) is 10.9 Å². The van der Waals surface area contributed by atoms with Crippen molar-refractivity contribution in [1.29, 1.82) is 0 Å². The Kier molecular flexibility index (Phi) is 22.2. The first-order valence-corrected chi connectivity index (χ1v) is 21.6. The van der Waals surface area contributed by atoms with Crippen molar-refractivity contribution in [1.82, 2.24) is 36.9 Å². The van der Waals surface area contributed by atoms with Crippen molar-refractivity contribution in [2.24, 2.45) is 11.7 Å². The maximum atomic E-state index is 14.2. The number of nitrogens with two attached hydrogens (primary N) is 1. The standard InChI is InChI=1S/C40H58N8O15S/c1-19(2)32(38(60)45-27(40(62)63)15-16-64-4)47-39(61)33(20(3)49)48-36(58)26(11-14-31(54)55)44-37(59)28(17-21-18-42-24-8-6-5-7-22(21)24)46-35(57)25(10-13-30(52)53)43-34(56)23(41)9-12-29(50)51/h5-8,18-20,23,25-28,32-33,42,49H,9-17,41H2,1-4H3,(H,43,56)(H,44,59)(H,45,60)(H,46,57)(H,47,61)(H,48,58)(H,50,51)(H,52,53)(H,54,55)(H,62,63)/t20-,23+,25+,26+,27+,28+,32+,33+/m1/s1. The fraction of sp³-hybridized carbons (Fsp3) is 0.550. The number of aliphatic carboxylic acids is 4. The molecule has 14 N–H and O–H groups in total. The van der Waals surface area contributed by atoms with Crippen molar-refractivity contribution >= 4 is 82.0 Å². The van der Waals surface area contributed by atoms with Gasteiger partial charge in [-0.1, -0.05) is 32.0 Å². The Morgan fingerprint density at radius 2 is 1.08 bits per heavy atom. The Morgan fingerprint density at radius 3 is 1.61 bits per heavy atom. The largest absolute Gasteiger partial charge is 0.481 e. The van der Waals surface area contributed by atoms with E-state index < -0.39 is 146 Å². The van der Waals surface area contributed by atoms with Crippen LogP contribution in [0.5, 0.6) is 0 Å². The third-order valence-electron chi connectivity index (χ3n) is 9.83. The molecule has 354 valence electrons. The van der Waals surface area contributed by atoms with Crippen LogP contribution >= 0.6 is 11.8 Å². The van der Waals surface area contributed by atoms with Crippen LogP contribution in [0.4, 0.5) is 0 Å². The van der Waals surface area contributed by atoms with Crippen molar-refractivity contribution in [3.05, 3.63) is 36.0 Å². The molecule has 0 saturated heterocycles. The summed E-state index contributed by atoms with van der Waals surface area (Å²) in [5.74, 6) is -11.7. The molecule has 6 amide bonds. The van der Waals surface area contributed by atoms with Crippen LogP contribution in [0.15, 0.2) is 30.5 Å². The summed E-state index contributed by atoms with van der Waals surface area (Å²) in [6.45, 7) is 4.25. The van der Waals surface area contributed by atoms with Gasteiger partial charge in [0.15, 0.2) is 0 Å². The lowest BCUT2D eigenvalue weighted by Gasteiger charge is -2.29. The molecule has 2 aromatic rings. The number of thioether (sulfide) groups is 1. The van der Waals surface area contributed by atoms with E-state index in [1.165, 1.54) is 11.8 Å². The summed E-state index contributed by atoms with van der Waals surface area (Å²) >= 11 is 1.36. The van der Waals surface area contributed by atoms with E-state index in [9.17, 15) is 68.4 Å². The molecule has 64 heavy (non-hydrogen) atoms. The van der Waals surface area contributed by atoms with Gasteiger partial charge in [0.05, 0.1) is 12.1 Å². The number of carboxylic acids is 4. The van der Waals surface area contributed by atoms with E-state index in [4.69, 9.17) is 10.8 Å². The summed E-state index contributed by atoms with van der Waals surface area (Å²) < 4.78 is 0. The highest BCUT2D eigenvalue weighted by molar-refractivity contribution is 7.98. The van der Waals surface area contributed by atoms with E-state index in [2.05, 4.69) is 36.9 Å². The van der Waals surface area contributed by atoms with E-state index in [0.717, 1.165) is 6.92 Å². The maximum absolute atomic E-state index is 14.2. The summed E-state index contributed by atoms with van der Waals surface area (Å²) in [6, 6.07) is -3.93. The summed E-state index contributed by atoms with van der Waals surface area (Å²) in [4.78, 5) is 131. The third kappa shape index (κ3) is 17.8. The van der Waals surface area contributed by atoms with Gasteiger partial charge in [-0.15, -0.1) is 0 Å². The predicted molar refractivity (Wildman–Crippen MR) is 229 cm³/mol. The number of nitrogens with one attached hydrogen (secondary N) is 7. The molecular formula is C40H58N8O15S. The molecule has 0 aliphatic carbocycles. The first kappa shape index (κ1) is 53.9. The highest BCUT2D eigenvalue weighted by Gasteiger charge is 2.36. The molecule has 23 nitrogen and oxygen atoms in total. The number of rotatable bonds is 29. The third-order valence-corrected chi connectivity index (χ3v) is 10.5. The topological polar surface area (TPSA) is 386 Å². The zero-order valence-corrected chi connectivity index (χ0v) is 36.6. The number of aromatic nitrogens is 1. The molecular weight excluding hydrogens is 865 g/mol. The molecule has 1 heterocycles. The van der Waals surface area contributed by atoms with E-state index >= 15 is 0 Å². The van der Waals surface area contributed by atoms with Crippen molar-refractivity contribution in [3.63, 3.8) is 0 Å². The summed E-state index contributed by atoms with van der Waals surface area (Å²) in [6.07, 6.45) is -1.79. The maximum Gasteiger partial charge on any atom is 0.326 e. The number of carboxylic acid groups (broad SMARTS) is 4. The number of carbonyl (C=O) groups excluding carboxylic acids is 6. The fourth-order valence-electron chi connectivity index (χ4n) is 6.23. The molecule has 0 spiro atoms. The number of hydrogen-bond acceptors (Lipinski definition) is 13. The fourth-order valence-corrected chi connectivity index (χ4v) is 6.70. The Morgan fingerprint density at radius 1 is 0.609 bits per heavy atom. The van der Waals surface area contributed by atoms with Gasteiger partial charge in [-0.3, -0.25) is 43.2 Å². The van der Waals surface area contributed by atoms with Gasteiger partial charge in [0.25, 0.3) is 0 Å². The lowest BCUT2D eigenvalue weighted by Crippen LogP contribution is -2.62. The summed E-state index contributed by atoms with van der Waals surface area (Å²) in [7, 11) is 0. The second-order valence-corrected chi connectivity index (χ2v) is 16.3. The minimum atomic E-state index is -1.81. The van der Waals surface area contributed by atoms with Gasteiger partial charge in [0.2, 0.25) is 35.4 Å². The van der Waals surface area contributed by atoms with Crippen LogP contribution in [-0.2, 0) is 54.4 Å². The summed E-state index contributed by atoms with van der Waals surface area (Å²) in [5.41, 5.74) is 6.92. The number of hydrogen-bond donors (Lipinski definition) is 13. The number of aliphatic hydroxyl groups excluding tert-OH is 1. The van der Waals surface area contributed by atoms with Crippen LogP contribution in [0.3, 0.4) is 0 Å². The van der Waals surface area contributed by atoms with Crippen molar-refractivity contribution in [3.8, 4) is 0 Å². The van der Waals surface area contributed by atoms with Gasteiger partial charge in [-0.25, -0.2) is 4.79 Å². The molecule has 1 aromatic heterocycles. The number of H-pyrrole nitrogens is 1. The molecule has 0 saturated carbocycles. The summed E-state index contributed by atoms with van der Waals surface area (Å²) in [5, 5.41) is 62.9. The molecule has 2 rings (SSSR count). The number of carbonyl (C=O) groups is 10. The van der Waals surface area contributed by atoms with E-state index in [1.807, 2.05) is 0 Å². The predicted octanol–water partition coefficient (Wildman–Crippen LogP) is -1.58. The quantitative estimate of drug-likeness (QED) is 0.0438. The van der Waals surface area contributed by atoms with Gasteiger partial charge in [-0.2, -0.15) is 11.8 Å². The van der Waals surface area contributed by atoms with Crippen molar-refractivity contribution in [2.75, 3.05) is 12.0 Å². The van der Waals surface area contributed by atoms with Crippen LogP contribution in [0, 0.1) is 5.92 Å². The molecule has 0 unspecified atom stereocenters. The van der Waals surface area contributed by atoms with Crippen LogP contribution in [0.2, 0.25) is 0 Å². The van der Waals surface area contributed by atoms with Crippen LogP contribution in [0.1, 0.15) is 71.3 Å². The van der Waals surface area contributed by atoms with Crippen LogP contribution in [-0.4, -0.2) is 150 Å². The second-order valence-electron chi connectivity index (χ2n) is 15.3. The van der Waals surface area contributed by atoms with Gasteiger partial charge in [0, 0.05) is 42.8 Å². The van der Waals surface area contributed by atoms with Crippen molar-refractivity contribution in [2.45, 2.75) is 121 Å². The highest BCUT2D eigenvalue weighted by atomic mass is 32.2. The van der Waals surface area contributed by atoms with E-state index in [1.54, 1.807) is 50.6 Å². The Balaban J connectivity index is 2.46. The molecule has 0 fully saturated rings. The lowest BCUT2D eigenvalue weighted by molar-refractivity contribution is -0.143. The average molecular weight is 923 g/mol. The minimum absolute atomic E-state index is 0.0792. The van der Waals surface area contributed by atoms with Gasteiger partial charge in [0.1, 0.15) is 36.3 Å². The van der Waals surface area contributed by atoms with Gasteiger partial charge in [-0.05, 0) is 62.2 Å². The van der Waals surface area contributed by atoms with Gasteiger partial charge < -0.3 is 68.2 Å². The first-order valence-electron chi connectivity index (χ1n) is 20.2. The lowest BCUT2D eigenvalue weighted by atomic mass is 10.0. The smallest absolute Gasteiger partial charge is 0.326 e. The minimum Gasteiger partial charge on any atom is -0.481 e. The molecule has 24 heteroatoms. The number of benzene rings is 1. The van der Waals surface area contributed by atoms with Crippen molar-refractivity contribution < 1.29 is 73.5 Å². The van der Waals surface area contributed by atoms with E-state index in [-0.39, 0.29) is 19.3 Å². The first-order chi connectivity index (χ1) is 30.0. The molecule has 1 aromatic carbocycles. The Labute approximate surface area is 371 Å². The number of aliphatic hydroxyl groups is 1. The molecule has 0 bridgehead atoms. The Bertz CT molecular complexity index is 1990. The average Bonchev–Trinajstić information content (AvgIpc) is 3.63. The molecule has 0 aliphatic rings. The molecule has 8 atom stereocenters. The Hall–Kier alpha value is -6.27. The SMILES string of the molecule is CSCC[C@H](NC(=O)[C@@H](NC(=O)[C@@H](NC(=O)[C@H](CCC(=O)O)NC(=O)[C@H](Cc1c[nH]c2ccccc12)NC(=O)[C@H](CCC(=O)O)NC(=O)[C@@H](N)CCC(=O)O)[C@@H](C)O)C(C)C)C(=O)O. The van der Waals surface area contributed by atoms with Gasteiger partial charge >= 0.3 is 23.9 Å².